The molecule has 1 atom stereocenters. The lowest BCUT2D eigenvalue weighted by atomic mass is 9.94. The van der Waals surface area contributed by atoms with E-state index in [-0.39, 0.29) is 11.6 Å². The van der Waals surface area contributed by atoms with Crippen LogP contribution in [0, 0.1) is 5.82 Å². The zero-order valence-corrected chi connectivity index (χ0v) is 13.7. The van der Waals surface area contributed by atoms with Gasteiger partial charge in [0.15, 0.2) is 11.5 Å². The van der Waals surface area contributed by atoms with Gasteiger partial charge in [-0.2, -0.15) is 0 Å². The molecule has 0 aliphatic heterocycles. The second-order valence-corrected chi connectivity index (χ2v) is 6.46. The fourth-order valence-corrected chi connectivity index (χ4v) is 2.16. The lowest BCUT2D eigenvalue weighted by Gasteiger charge is -2.20. The summed E-state index contributed by atoms with van der Waals surface area (Å²) in [5.74, 6) is -1.18. The number of rotatable bonds is 6. The molecule has 0 aromatic carbocycles. The zero-order chi connectivity index (χ0) is 16.0. The van der Waals surface area contributed by atoms with Gasteiger partial charge >= 0.3 is 5.97 Å². The van der Waals surface area contributed by atoms with Crippen LogP contribution in [0.15, 0.2) is 12.3 Å². The van der Waals surface area contributed by atoms with Crippen molar-refractivity contribution in [3.05, 3.63) is 29.3 Å². The molecule has 4 heteroatoms. The average molecular weight is 295 g/mol. The highest BCUT2D eigenvalue weighted by atomic mass is 19.1. The number of esters is 1. The quantitative estimate of drug-likeness (QED) is 0.555. The molecule has 0 spiro atoms. The van der Waals surface area contributed by atoms with E-state index in [2.05, 4.69) is 11.9 Å². The standard InChI is InChI=1S/C17H26FNO2/c1-6-7-8-9-12(2)13-10-11-19-15(14(13)18)16(20)21-17(3,4)5/h10-12H,6-9H2,1-5H3. The molecule has 1 unspecified atom stereocenters. The van der Waals surface area contributed by atoms with Crippen LogP contribution in [0.2, 0.25) is 0 Å². The first-order valence-corrected chi connectivity index (χ1v) is 7.64. The fraction of sp³-hybridized carbons (Fsp3) is 0.647. The Morgan fingerprint density at radius 3 is 2.62 bits per heavy atom. The largest absolute Gasteiger partial charge is 0.455 e. The summed E-state index contributed by atoms with van der Waals surface area (Å²) in [5.41, 5.74) is -0.333. The maximum atomic E-state index is 14.5. The van der Waals surface area contributed by atoms with Crippen molar-refractivity contribution in [1.29, 1.82) is 0 Å². The van der Waals surface area contributed by atoms with Crippen LogP contribution in [-0.2, 0) is 4.74 Å². The minimum absolute atomic E-state index is 0.0701. The topological polar surface area (TPSA) is 39.2 Å². The third-order valence-electron chi connectivity index (χ3n) is 3.28. The molecule has 0 bridgehead atoms. The number of hydrogen-bond acceptors (Lipinski definition) is 3. The number of carbonyl (C=O) groups is 1. The summed E-state index contributed by atoms with van der Waals surface area (Å²) < 4.78 is 19.7. The number of aromatic nitrogens is 1. The Labute approximate surface area is 126 Å². The summed E-state index contributed by atoms with van der Waals surface area (Å²) in [6.07, 6.45) is 5.71. The minimum Gasteiger partial charge on any atom is -0.455 e. The Morgan fingerprint density at radius 1 is 1.38 bits per heavy atom. The van der Waals surface area contributed by atoms with Crippen LogP contribution >= 0.6 is 0 Å². The Morgan fingerprint density at radius 2 is 2.05 bits per heavy atom. The Bertz CT molecular complexity index is 480. The van der Waals surface area contributed by atoms with Crippen LogP contribution in [0.5, 0.6) is 0 Å². The number of halogens is 1. The van der Waals surface area contributed by atoms with Gasteiger partial charge < -0.3 is 4.74 Å². The molecule has 0 aliphatic carbocycles. The van der Waals surface area contributed by atoms with E-state index in [4.69, 9.17) is 4.74 Å². The molecule has 0 saturated heterocycles. The van der Waals surface area contributed by atoms with Gasteiger partial charge in [-0.05, 0) is 44.7 Å². The van der Waals surface area contributed by atoms with E-state index in [0.717, 1.165) is 25.7 Å². The monoisotopic (exact) mass is 295 g/mol. The van der Waals surface area contributed by atoms with Gasteiger partial charge in [-0.1, -0.05) is 33.1 Å². The van der Waals surface area contributed by atoms with Crippen molar-refractivity contribution in [3.63, 3.8) is 0 Å². The van der Waals surface area contributed by atoms with Gasteiger partial charge in [0.2, 0.25) is 0 Å². The van der Waals surface area contributed by atoms with Gasteiger partial charge in [0.1, 0.15) is 5.60 Å². The summed E-state index contributed by atoms with van der Waals surface area (Å²) in [4.78, 5) is 15.8. The highest BCUT2D eigenvalue weighted by Gasteiger charge is 2.24. The molecule has 0 saturated carbocycles. The Hall–Kier alpha value is -1.45. The zero-order valence-electron chi connectivity index (χ0n) is 13.7. The van der Waals surface area contributed by atoms with Crippen LogP contribution in [0.3, 0.4) is 0 Å². The van der Waals surface area contributed by atoms with E-state index < -0.39 is 17.4 Å². The summed E-state index contributed by atoms with van der Waals surface area (Å²) in [7, 11) is 0. The van der Waals surface area contributed by atoms with Crippen molar-refractivity contribution in [2.75, 3.05) is 0 Å². The highest BCUT2D eigenvalue weighted by molar-refractivity contribution is 5.88. The van der Waals surface area contributed by atoms with Crippen molar-refractivity contribution in [1.82, 2.24) is 4.98 Å². The van der Waals surface area contributed by atoms with E-state index in [0.29, 0.717) is 5.56 Å². The normalized spacial score (nSPS) is 13.0. The molecule has 21 heavy (non-hydrogen) atoms. The van der Waals surface area contributed by atoms with Gasteiger partial charge in [0.25, 0.3) is 0 Å². The number of nitrogens with zero attached hydrogens (tertiary/aromatic N) is 1. The van der Waals surface area contributed by atoms with Crippen molar-refractivity contribution < 1.29 is 13.9 Å². The molecule has 1 rings (SSSR count). The molecule has 0 aliphatic rings. The minimum atomic E-state index is -0.706. The second-order valence-electron chi connectivity index (χ2n) is 6.46. The highest BCUT2D eigenvalue weighted by Crippen LogP contribution is 2.26. The predicted octanol–water partition coefficient (Wildman–Crippen LogP) is 4.86. The van der Waals surface area contributed by atoms with Crippen molar-refractivity contribution >= 4 is 5.97 Å². The molecule has 118 valence electrons. The van der Waals surface area contributed by atoms with Crippen molar-refractivity contribution in [2.24, 2.45) is 0 Å². The van der Waals surface area contributed by atoms with Crippen molar-refractivity contribution in [2.45, 2.75) is 71.8 Å². The third kappa shape index (κ3) is 5.44. The van der Waals surface area contributed by atoms with E-state index in [1.165, 1.54) is 6.20 Å². The number of ether oxygens (including phenoxy) is 1. The van der Waals surface area contributed by atoms with Crippen LogP contribution in [0.1, 0.15) is 82.3 Å². The predicted molar refractivity (Wildman–Crippen MR) is 81.9 cm³/mol. The summed E-state index contributed by atoms with van der Waals surface area (Å²) in [6.45, 7) is 9.37. The van der Waals surface area contributed by atoms with Gasteiger partial charge in [-0.25, -0.2) is 14.2 Å². The maximum absolute atomic E-state index is 14.5. The molecule has 0 radical (unpaired) electrons. The van der Waals surface area contributed by atoms with E-state index in [1.807, 2.05) is 6.92 Å². The summed E-state index contributed by atoms with van der Waals surface area (Å²) in [6, 6.07) is 1.65. The smallest absolute Gasteiger partial charge is 0.360 e. The number of pyridine rings is 1. The molecule has 1 heterocycles. The molecule has 0 fully saturated rings. The summed E-state index contributed by atoms with van der Waals surface area (Å²) >= 11 is 0. The van der Waals surface area contributed by atoms with E-state index in [1.54, 1.807) is 26.8 Å². The number of carbonyl (C=O) groups excluding carboxylic acids is 1. The van der Waals surface area contributed by atoms with Crippen molar-refractivity contribution in [3.8, 4) is 0 Å². The summed E-state index contributed by atoms with van der Waals surface area (Å²) in [5, 5.41) is 0. The number of unbranched alkanes of at least 4 members (excludes halogenated alkanes) is 2. The van der Waals surface area contributed by atoms with E-state index in [9.17, 15) is 9.18 Å². The Kier molecular flexibility index (Phi) is 6.31. The average Bonchev–Trinajstić information content (AvgIpc) is 2.37. The fourth-order valence-electron chi connectivity index (χ4n) is 2.16. The first kappa shape index (κ1) is 17.6. The first-order chi connectivity index (χ1) is 9.76. The molecule has 0 amide bonds. The lowest BCUT2D eigenvalue weighted by molar-refractivity contribution is 0.00572. The molecule has 3 nitrogen and oxygen atoms in total. The maximum Gasteiger partial charge on any atom is 0.360 e. The number of hydrogen-bond donors (Lipinski definition) is 0. The Balaban J connectivity index is 2.90. The third-order valence-corrected chi connectivity index (χ3v) is 3.28. The van der Waals surface area contributed by atoms with Crippen LogP contribution < -0.4 is 0 Å². The molecular weight excluding hydrogens is 269 g/mol. The van der Waals surface area contributed by atoms with E-state index >= 15 is 0 Å². The van der Waals surface area contributed by atoms with Crippen LogP contribution in [-0.4, -0.2) is 16.6 Å². The molecular formula is C17H26FNO2. The second kappa shape index (κ2) is 7.53. The lowest BCUT2D eigenvalue weighted by Crippen LogP contribution is -2.25. The van der Waals surface area contributed by atoms with Crippen LogP contribution in [0.25, 0.3) is 0 Å². The van der Waals surface area contributed by atoms with Gasteiger partial charge in [-0.15, -0.1) is 0 Å². The molecule has 1 aromatic rings. The van der Waals surface area contributed by atoms with Gasteiger partial charge in [0, 0.05) is 6.20 Å². The molecule has 1 aromatic heterocycles. The van der Waals surface area contributed by atoms with Gasteiger partial charge in [0.05, 0.1) is 0 Å². The SMILES string of the molecule is CCCCCC(C)c1ccnc(C(=O)OC(C)(C)C)c1F. The molecule has 0 N–H and O–H groups in total. The van der Waals surface area contributed by atoms with Crippen LogP contribution in [0.4, 0.5) is 4.39 Å². The first-order valence-electron chi connectivity index (χ1n) is 7.64. The van der Waals surface area contributed by atoms with Gasteiger partial charge in [-0.3, -0.25) is 0 Å².